The topological polar surface area (TPSA) is 32.3 Å². The van der Waals surface area contributed by atoms with Crippen LogP contribution < -0.4 is 5.32 Å². The Hall–Kier alpha value is -0.730. The maximum absolute atomic E-state index is 9.88. The molecule has 1 fully saturated rings. The van der Waals surface area contributed by atoms with Crippen LogP contribution in [0.5, 0.6) is 5.75 Å². The Balaban J connectivity index is 1.85. The van der Waals surface area contributed by atoms with Crippen molar-refractivity contribution in [2.45, 2.75) is 65.5 Å². The lowest BCUT2D eigenvalue weighted by Gasteiger charge is -2.39. The number of phenolic OH excluding ortho intramolecular Hbond substituents is 1. The summed E-state index contributed by atoms with van der Waals surface area (Å²) < 4.78 is 0. The Morgan fingerprint density at radius 1 is 1.24 bits per heavy atom. The molecule has 1 aliphatic rings. The van der Waals surface area contributed by atoms with E-state index in [2.05, 4.69) is 26.1 Å². The SMILES string of the molecule is CCC(C)(C)C1CCC(NCc2c(O)cccc2Cl)CC1. The molecule has 0 saturated heterocycles. The Kier molecular flexibility index (Phi) is 5.56. The van der Waals surface area contributed by atoms with Gasteiger partial charge in [-0.05, 0) is 49.1 Å². The summed E-state index contributed by atoms with van der Waals surface area (Å²) in [5.41, 5.74) is 1.28. The predicted octanol–water partition coefficient (Wildman–Crippen LogP) is 5.13. The van der Waals surface area contributed by atoms with Gasteiger partial charge in [0.15, 0.2) is 0 Å². The summed E-state index contributed by atoms with van der Waals surface area (Å²) in [6, 6.07) is 5.85. The van der Waals surface area contributed by atoms with Crippen molar-refractivity contribution >= 4 is 11.6 Å². The molecule has 1 aliphatic carbocycles. The third-order valence-corrected chi connectivity index (χ3v) is 5.76. The first-order valence-corrected chi connectivity index (χ1v) is 8.51. The lowest BCUT2D eigenvalue weighted by Crippen LogP contribution is -2.36. The lowest BCUT2D eigenvalue weighted by molar-refractivity contribution is 0.136. The van der Waals surface area contributed by atoms with E-state index in [4.69, 9.17) is 11.6 Å². The molecule has 0 aromatic heterocycles. The van der Waals surface area contributed by atoms with Crippen LogP contribution in [0, 0.1) is 11.3 Å². The van der Waals surface area contributed by atoms with Gasteiger partial charge in [0.25, 0.3) is 0 Å². The first-order chi connectivity index (χ1) is 9.94. The molecule has 0 unspecified atom stereocenters. The summed E-state index contributed by atoms with van der Waals surface area (Å²) in [4.78, 5) is 0. The van der Waals surface area contributed by atoms with E-state index in [0.29, 0.717) is 23.0 Å². The fourth-order valence-electron chi connectivity index (χ4n) is 3.34. The zero-order chi connectivity index (χ0) is 15.5. The van der Waals surface area contributed by atoms with Gasteiger partial charge in [-0.2, -0.15) is 0 Å². The minimum atomic E-state index is 0.288. The molecule has 3 heteroatoms. The van der Waals surface area contributed by atoms with Crippen molar-refractivity contribution in [3.05, 3.63) is 28.8 Å². The van der Waals surface area contributed by atoms with Gasteiger partial charge < -0.3 is 10.4 Å². The van der Waals surface area contributed by atoms with Crippen LogP contribution in [0.2, 0.25) is 5.02 Å². The first-order valence-electron chi connectivity index (χ1n) is 8.13. The summed E-state index contributed by atoms with van der Waals surface area (Å²) >= 11 is 6.15. The molecular weight excluding hydrogens is 282 g/mol. The lowest BCUT2D eigenvalue weighted by atomic mass is 9.69. The van der Waals surface area contributed by atoms with Crippen molar-refractivity contribution in [2.75, 3.05) is 0 Å². The van der Waals surface area contributed by atoms with E-state index in [9.17, 15) is 5.11 Å². The number of aromatic hydroxyl groups is 1. The molecule has 2 N–H and O–H groups in total. The Morgan fingerprint density at radius 2 is 1.90 bits per heavy atom. The van der Waals surface area contributed by atoms with E-state index in [-0.39, 0.29) is 5.75 Å². The molecule has 1 aromatic carbocycles. The molecule has 0 amide bonds. The van der Waals surface area contributed by atoms with Gasteiger partial charge in [-0.1, -0.05) is 44.9 Å². The van der Waals surface area contributed by atoms with E-state index in [0.717, 1.165) is 11.5 Å². The van der Waals surface area contributed by atoms with Gasteiger partial charge in [-0.3, -0.25) is 0 Å². The minimum absolute atomic E-state index is 0.288. The molecule has 2 nitrogen and oxygen atoms in total. The molecule has 2 rings (SSSR count). The van der Waals surface area contributed by atoms with Gasteiger partial charge in [-0.15, -0.1) is 0 Å². The number of hydrogen-bond donors (Lipinski definition) is 2. The van der Waals surface area contributed by atoms with Crippen LogP contribution in [0.4, 0.5) is 0 Å². The van der Waals surface area contributed by atoms with E-state index in [1.165, 1.54) is 32.1 Å². The van der Waals surface area contributed by atoms with Gasteiger partial charge in [0, 0.05) is 23.2 Å². The number of phenols is 1. The molecular formula is C18H28ClNO. The molecule has 21 heavy (non-hydrogen) atoms. The normalized spacial score (nSPS) is 23.2. The number of benzene rings is 1. The monoisotopic (exact) mass is 309 g/mol. The largest absolute Gasteiger partial charge is 0.508 e. The Morgan fingerprint density at radius 3 is 2.48 bits per heavy atom. The average molecular weight is 310 g/mol. The molecule has 1 saturated carbocycles. The van der Waals surface area contributed by atoms with Crippen molar-refractivity contribution in [1.29, 1.82) is 0 Å². The molecule has 0 bridgehead atoms. The molecule has 1 aromatic rings. The highest BCUT2D eigenvalue weighted by Crippen LogP contribution is 2.40. The number of nitrogens with one attached hydrogen (secondary N) is 1. The van der Waals surface area contributed by atoms with Crippen LogP contribution in [-0.2, 0) is 6.54 Å². The molecule has 118 valence electrons. The van der Waals surface area contributed by atoms with Crippen LogP contribution >= 0.6 is 11.6 Å². The Labute approximate surface area is 133 Å². The van der Waals surface area contributed by atoms with Crippen LogP contribution in [0.25, 0.3) is 0 Å². The van der Waals surface area contributed by atoms with Crippen LogP contribution in [0.1, 0.15) is 58.4 Å². The molecule has 0 aliphatic heterocycles. The van der Waals surface area contributed by atoms with Gasteiger partial charge in [0.2, 0.25) is 0 Å². The standard InChI is InChI=1S/C18H28ClNO/c1-4-18(2,3)13-8-10-14(11-9-13)20-12-15-16(19)6-5-7-17(15)21/h5-7,13-14,20-21H,4,8-12H2,1-3H3. The molecule has 0 spiro atoms. The third-order valence-electron chi connectivity index (χ3n) is 5.41. The second-order valence-corrected chi connectivity index (χ2v) is 7.42. The zero-order valence-corrected chi connectivity index (χ0v) is 14.2. The molecule has 0 atom stereocenters. The smallest absolute Gasteiger partial charge is 0.121 e. The van der Waals surface area contributed by atoms with Gasteiger partial charge >= 0.3 is 0 Å². The Bertz CT molecular complexity index is 444. The average Bonchev–Trinajstić information content (AvgIpc) is 2.47. The molecule has 0 radical (unpaired) electrons. The summed E-state index contributed by atoms with van der Waals surface area (Å²) in [6.45, 7) is 7.74. The number of halogens is 1. The quantitative estimate of drug-likeness (QED) is 0.790. The highest BCUT2D eigenvalue weighted by Gasteiger charge is 2.31. The van der Waals surface area contributed by atoms with E-state index >= 15 is 0 Å². The van der Waals surface area contributed by atoms with E-state index < -0.39 is 0 Å². The maximum atomic E-state index is 9.88. The summed E-state index contributed by atoms with van der Waals surface area (Å²) in [6.07, 6.45) is 6.29. The maximum Gasteiger partial charge on any atom is 0.121 e. The number of rotatable bonds is 5. The second-order valence-electron chi connectivity index (χ2n) is 7.01. The minimum Gasteiger partial charge on any atom is -0.508 e. The molecule has 0 heterocycles. The van der Waals surface area contributed by atoms with Crippen LogP contribution in [0.15, 0.2) is 18.2 Å². The summed E-state index contributed by atoms with van der Waals surface area (Å²) in [5.74, 6) is 1.13. The van der Waals surface area contributed by atoms with E-state index in [1.807, 2.05) is 6.07 Å². The first kappa shape index (κ1) is 16.6. The van der Waals surface area contributed by atoms with Crippen molar-refractivity contribution < 1.29 is 5.11 Å². The van der Waals surface area contributed by atoms with Gasteiger partial charge in [-0.25, -0.2) is 0 Å². The third kappa shape index (κ3) is 4.14. The van der Waals surface area contributed by atoms with Gasteiger partial charge in [0.1, 0.15) is 5.75 Å². The summed E-state index contributed by atoms with van der Waals surface area (Å²) in [5, 5.41) is 14.1. The zero-order valence-electron chi connectivity index (χ0n) is 13.5. The number of hydrogen-bond acceptors (Lipinski definition) is 2. The highest BCUT2D eigenvalue weighted by molar-refractivity contribution is 6.31. The summed E-state index contributed by atoms with van der Waals surface area (Å²) in [7, 11) is 0. The van der Waals surface area contributed by atoms with Crippen LogP contribution in [-0.4, -0.2) is 11.1 Å². The van der Waals surface area contributed by atoms with Crippen molar-refractivity contribution in [2.24, 2.45) is 11.3 Å². The van der Waals surface area contributed by atoms with Crippen molar-refractivity contribution in [1.82, 2.24) is 5.32 Å². The van der Waals surface area contributed by atoms with Crippen molar-refractivity contribution in [3.63, 3.8) is 0 Å². The van der Waals surface area contributed by atoms with Crippen molar-refractivity contribution in [3.8, 4) is 5.75 Å². The predicted molar refractivity (Wildman–Crippen MR) is 89.8 cm³/mol. The fraction of sp³-hybridized carbons (Fsp3) is 0.667. The second kappa shape index (κ2) is 7.02. The fourth-order valence-corrected chi connectivity index (χ4v) is 3.57. The highest BCUT2D eigenvalue weighted by atomic mass is 35.5. The van der Waals surface area contributed by atoms with E-state index in [1.54, 1.807) is 12.1 Å². The van der Waals surface area contributed by atoms with Gasteiger partial charge in [0.05, 0.1) is 0 Å². The van der Waals surface area contributed by atoms with Crippen LogP contribution in [0.3, 0.4) is 0 Å².